The second-order valence-corrected chi connectivity index (χ2v) is 16.1. The Labute approximate surface area is 340 Å². The molecular weight excluding hydrogens is 762 g/mol. The molecule has 2 heterocycles. The van der Waals surface area contributed by atoms with Crippen molar-refractivity contribution in [2.75, 3.05) is 67.3 Å². The number of aromatic nitrogens is 1. The molecule has 6 rings (SSSR count). The van der Waals surface area contributed by atoms with Gasteiger partial charge < -0.3 is 45.1 Å². The average Bonchev–Trinajstić information content (AvgIpc) is 3.19. The first-order valence-corrected chi connectivity index (χ1v) is 20.5. The molecule has 1 atom stereocenters. The maximum absolute atomic E-state index is 13.5. The van der Waals surface area contributed by atoms with Crippen molar-refractivity contribution in [3.63, 3.8) is 0 Å². The zero-order valence-corrected chi connectivity index (χ0v) is 34.3. The van der Waals surface area contributed by atoms with Gasteiger partial charge in [0.2, 0.25) is 0 Å². The number of benzene rings is 4. The van der Waals surface area contributed by atoms with Crippen molar-refractivity contribution in [1.29, 1.82) is 0 Å². The van der Waals surface area contributed by atoms with Gasteiger partial charge in [0.05, 0.1) is 36.8 Å². The number of fused-ring (bicyclic) bond motifs is 1. The van der Waals surface area contributed by atoms with Gasteiger partial charge in [0.25, 0.3) is 5.91 Å². The quantitative estimate of drug-likeness (QED) is 0.0742. The van der Waals surface area contributed by atoms with Crippen LogP contribution in [-0.4, -0.2) is 78.9 Å². The smallest absolute Gasteiger partial charge is 0.323 e. The van der Waals surface area contributed by atoms with Crippen LogP contribution < -0.4 is 40.2 Å². The Morgan fingerprint density at radius 3 is 2.31 bits per heavy atom. The number of amides is 3. The number of piperidine rings is 1. The van der Waals surface area contributed by atoms with Crippen LogP contribution in [0.1, 0.15) is 49.5 Å². The fourth-order valence-electron chi connectivity index (χ4n) is 6.67. The SMILES string of the molecule is COc1cc(Nc2cc(Oc3ccc(NC(=O)Nc4cc(C(C)(C)C)cc(NS(C)=O)c4OC)c4ccccc34)ccn2)ccc1C(=O)NCCN1CCC(F)CC1. The molecule has 306 valence electrons. The van der Waals surface area contributed by atoms with E-state index in [9.17, 15) is 18.2 Å². The van der Waals surface area contributed by atoms with E-state index >= 15 is 0 Å². The molecule has 0 aliphatic carbocycles. The van der Waals surface area contributed by atoms with Gasteiger partial charge in [-0.15, -0.1) is 0 Å². The van der Waals surface area contributed by atoms with Gasteiger partial charge in [0.15, 0.2) is 5.75 Å². The molecule has 58 heavy (non-hydrogen) atoms. The van der Waals surface area contributed by atoms with Gasteiger partial charge in [-0.05, 0) is 66.3 Å². The minimum Gasteiger partial charge on any atom is -0.496 e. The lowest BCUT2D eigenvalue weighted by Gasteiger charge is -2.28. The molecule has 0 bridgehead atoms. The summed E-state index contributed by atoms with van der Waals surface area (Å²) in [6.45, 7) is 8.64. The highest BCUT2D eigenvalue weighted by molar-refractivity contribution is 7.85. The Kier molecular flexibility index (Phi) is 13.3. The molecule has 0 saturated carbocycles. The number of urea groups is 1. The van der Waals surface area contributed by atoms with Crippen molar-refractivity contribution in [2.45, 2.75) is 45.2 Å². The van der Waals surface area contributed by atoms with Gasteiger partial charge in [0, 0.05) is 67.2 Å². The Morgan fingerprint density at radius 2 is 1.60 bits per heavy atom. The van der Waals surface area contributed by atoms with Crippen molar-refractivity contribution in [2.24, 2.45) is 0 Å². The molecule has 1 aromatic heterocycles. The number of ether oxygens (including phenoxy) is 3. The molecule has 5 aromatic rings. The lowest BCUT2D eigenvalue weighted by molar-refractivity contribution is 0.0937. The summed E-state index contributed by atoms with van der Waals surface area (Å²) in [5, 5.41) is 13.6. The number of nitrogens with zero attached hydrogens (tertiary/aromatic N) is 2. The normalized spacial score (nSPS) is 14.0. The van der Waals surface area contributed by atoms with E-state index in [-0.39, 0.29) is 11.3 Å². The van der Waals surface area contributed by atoms with Crippen LogP contribution in [0.15, 0.2) is 85.1 Å². The van der Waals surface area contributed by atoms with Gasteiger partial charge in [-0.25, -0.2) is 18.4 Å². The number of nitrogens with one attached hydrogen (secondary N) is 5. The average molecular weight is 812 g/mol. The summed E-state index contributed by atoms with van der Waals surface area (Å²) in [4.78, 5) is 33.1. The lowest BCUT2D eigenvalue weighted by Crippen LogP contribution is -2.40. The van der Waals surface area contributed by atoms with Gasteiger partial charge in [-0.3, -0.25) is 4.79 Å². The van der Waals surface area contributed by atoms with Crippen LogP contribution in [0.3, 0.4) is 0 Å². The summed E-state index contributed by atoms with van der Waals surface area (Å²) < 4.78 is 46.0. The highest BCUT2D eigenvalue weighted by Gasteiger charge is 2.22. The van der Waals surface area contributed by atoms with E-state index < -0.39 is 23.2 Å². The van der Waals surface area contributed by atoms with Gasteiger partial charge in [-0.1, -0.05) is 45.0 Å². The van der Waals surface area contributed by atoms with E-state index in [2.05, 4.69) is 56.6 Å². The molecule has 13 nitrogen and oxygen atoms in total. The number of hydrogen-bond acceptors (Lipinski definition) is 9. The van der Waals surface area contributed by atoms with Crippen LogP contribution in [0.4, 0.5) is 37.8 Å². The van der Waals surface area contributed by atoms with Crippen LogP contribution in [0, 0.1) is 0 Å². The van der Waals surface area contributed by atoms with Gasteiger partial charge in [0.1, 0.15) is 40.2 Å². The Bertz CT molecular complexity index is 2290. The van der Waals surface area contributed by atoms with Crippen LogP contribution in [0.25, 0.3) is 10.8 Å². The molecule has 5 N–H and O–H groups in total. The lowest BCUT2D eigenvalue weighted by atomic mass is 9.86. The second-order valence-electron chi connectivity index (χ2n) is 14.9. The van der Waals surface area contributed by atoms with E-state index in [0.29, 0.717) is 96.1 Å². The number of pyridine rings is 1. The zero-order valence-electron chi connectivity index (χ0n) is 33.5. The minimum absolute atomic E-state index is 0.254. The minimum atomic E-state index is -1.37. The number of alkyl halides is 1. The molecule has 0 spiro atoms. The molecule has 1 aliphatic rings. The van der Waals surface area contributed by atoms with Crippen LogP contribution in [0.5, 0.6) is 23.0 Å². The molecule has 1 saturated heterocycles. The summed E-state index contributed by atoms with van der Waals surface area (Å²) in [5.41, 5.74) is 3.18. The number of likely N-dealkylation sites (tertiary alicyclic amines) is 1. The predicted molar refractivity (Wildman–Crippen MR) is 229 cm³/mol. The number of hydrogen-bond donors (Lipinski definition) is 5. The number of rotatable bonds is 14. The predicted octanol–water partition coefficient (Wildman–Crippen LogP) is 8.60. The highest BCUT2D eigenvalue weighted by atomic mass is 32.2. The number of halogens is 1. The largest absolute Gasteiger partial charge is 0.496 e. The van der Waals surface area contributed by atoms with Crippen molar-refractivity contribution in [1.82, 2.24) is 15.2 Å². The van der Waals surface area contributed by atoms with Crippen molar-refractivity contribution < 1.29 is 32.4 Å². The first-order valence-electron chi connectivity index (χ1n) is 19.0. The van der Waals surface area contributed by atoms with Crippen LogP contribution in [0.2, 0.25) is 0 Å². The molecule has 1 unspecified atom stereocenters. The molecule has 4 aromatic carbocycles. The third-order valence-electron chi connectivity index (χ3n) is 9.70. The van der Waals surface area contributed by atoms with Gasteiger partial charge >= 0.3 is 6.03 Å². The number of carbonyl (C=O) groups excluding carboxylic acids is 2. The molecule has 1 aliphatic heterocycles. The highest BCUT2D eigenvalue weighted by Crippen LogP contribution is 2.40. The monoisotopic (exact) mass is 811 g/mol. The summed E-state index contributed by atoms with van der Waals surface area (Å²) in [5.74, 6) is 2.08. The number of carbonyl (C=O) groups is 2. The number of anilines is 5. The molecular formula is C43H50FN7O6S. The fraction of sp³-hybridized carbons (Fsp3) is 0.326. The summed E-state index contributed by atoms with van der Waals surface area (Å²) in [7, 11) is 1.64. The van der Waals surface area contributed by atoms with Crippen molar-refractivity contribution in [3.8, 4) is 23.0 Å². The van der Waals surface area contributed by atoms with Crippen LogP contribution in [-0.2, 0) is 16.4 Å². The summed E-state index contributed by atoms with van der Waals surface area (Å²) >= 11 is 0. The Hall–Kier alpha value is -5.93. The maximum atomic E-state index is 13.5. The zero-order chi connectivity index (χ0) is 41.4. The number of methoxy groups -OCH3 is 2. The third kappa shape index (κ3) is 10.5. The van der Waals surface area contributed by atoms with E-state index in [0.717, 1.165) is 16.3 Å². The summed E-state index contributed by atoms with van der Waals surface area (Å²) in [6.07, 6.45) is 3.47. The van der Waals surface area contributed by atoms with E-state index in [1.165, 1.54) is 20.5 Å². The Morgan fingerprint density at radius 1 is 0.879 bits per heavy atom. The Balaban J connectivity index is 1.13. The first kappa shape index (κ1) is 41.7. The third-order valence-corrected chi connectivity index (χ3v) is 10.2. The maximum Gasteiger partial charge on any atom is 0.323 e. The van der Waals surface area contributed by atoms with Crippen LogP contribution >= 0.6 is 0 Å². The fourth-order valence-corrected chi connectivity index (χ4v) is 7.13. The van der Waals surface area contributed by atoms with Crippen molar-refractivity contribution >= 4 is 62.3 Å². The molecule has 3 amide bonds. The van der Waals surface area contributed by atoms with Crippen molar-refractivity contribution in [3.05, 3.63) is 96.2 Å². The van der Waals surface area contributed by atoms with E-state index in [1.54, 1.807) is 48.7 Å². The first-order chi connectivity index (χ1) is 27.8. The topological polar surface area (TPSA) is 155 Å². The standard InChI is InChI=1S/C43H50FN7O6S/c1-43(2,3)27-23-35(40(56-5)36(24-27)50-58(6)54)49-42(53)48-34-13-14-37(32-10-8-7-9-31(32)34)57-30-15-18-45-39(26-30)47-29-11-12-33(38(25-29)55-4)41(52)46-19-22-51-20-16-28(44)17-21-51/h7-15,18,23-26,28,50H,16-17,19-22H2,1-6H3,(H,45,47)(H,46,52)(H2,48,49,53). The molecule has 15 heteroatoms. The summed E-state index contributed by atoms with van der Waals surface area (Å²) in [6, 6.07) is 23.0. The van der Waals surface area contributed by atoms with E-state index in [4.69, 9.17) is 14.2 Å². The molecule has 0 radical (unpaired) electrons. The van der Waals surface area contributed by atoms with E-state index in [1.807, 2.05) is 36.4 Å². The second kappa shape index (κ2) is 18.6. The van der Waals surface area contributed by atoms with Gasteiger partial charge in [-0.2, -0.15) is 0 Å². The molecule has 1 fully saturated rings.